The largest absolute Gasteiger partial charge is 0.417 e. The van der Waals surface area contributed by atoms with Gasteiger partial charge in [0, 0.05) is 10.0 Å². The highest BCUT2D eigenvalue weighted by atomic mass is 79.9. The number of ether oxygens (including phenoxy) is 1. The SMILES string of the molecule is CC.NC1=N[C@H](c2cc(Br)ccc2F)C(C(F)(F)F)OC1. The van der Waals surface area contributed by atoms with Crippen molar-refractivity contribution >= 4 is 21.8 Å². The molecule has 21 heavy (non-hydrogen) atoms. The average Bonchev–Trinajstić information content (AvgIpc) is 2.42. The van der Waals surface area contributed by atoms with E-state index in [2.05, 4.69) is 25.7 Å². The second-order valence-electron chi connectivity index (χ2n) is 4.00. The van der Waals surface area contributed by atoms with Crippen molar-refractivity contribution in [2.24, 2.45) is 10.7 Å². The van der Waals surface area contributed by atoms with Gasteiger partial charge >= 0.3 is 6.18 Å². The summed E-state index contributed by atoms with van der Waals surface area (Å²) in [5.74, 6) is -0.880. The molecule has 1 heterocycles. The molecule has 3 nitrogen and oxygen atoms in total. The van der Waals surface area contributed by atoms with Crippen molar-refractivity contribution in [3.05, 3.63) is 34.1 Å². The number of alkyl halides is 3. The lowest BCUT2D eigenvalue weighted by Crippen LogP contribution is -2.43. The van der Waals surface area contributed by atoms with Gasteiger partial charge in [0.2, 0.25) is 0 Å². The van der Waals surface area contributed by atoms with E-state index in [1.165, 1.54) is 12.1 Å². The summed E-state index contributed by atoms with van der Waals surface area (Å²) in [5.41, 5.74) is 5.17. The van der Waals surface area contributed by atoms with Crippen molar-refractivity contribution in [2.45, 2.75) is 32.2 Å². The van der Waals surface area contributed by atoms with Gasteiger partial charge in [-0.1, -0.05) is 29.8 Å². The maximum absolute atomic E-state index is 13.7. The quantitative estimate of drug-likeness (QED) is 0.760. The first kappa shape index (κ1) is 17.9. The third kappa shape index (κ3) is 4.41. The normalized spacial score (nSPS) is 22.1. The molecule has 1 aromatic carbocycles. The number of aliphatic imine (C=N–C) groups is 1. The molecule has 0 aliphatic carbocycles. The molecule has 0 saturated heterocycles. The van der Waals surface area contributed by atoms with Crippen LogP contribution in [-0.4, -0.2) is 24.7 Å². The molecule has 0 fully saturated rings. The third-order valence-corrected chi connectivity index (χ3v) is 3.10. The topological polar surface area (TPSA) is 47.6 Å². The Morgan fingerprint density at radius 3 is 2.52 bits per heavy atom. The summed E-state index contributed by atoms with van der Waals surface area (Å²) in [6.45, 7) is 3.58. The predicted molar refractivity (Wildman–Crippen MR) is 75.6 cm³/mol. The number of amidine groups is 1. The molecule has 0 saturated carbocycles. The van der Waals surface area contributed by atoms with E-state index in [9.17, 15) is 17.6 Å². The Balaban J connectivity index is 0.00000106. The minimum Gasteiger partial charge on any atom is -0.386 e. The van der Waals surface area contributed by atoms with Crippen molar-refractivity contribution in [3.8, 4) is 0 Å². The van der Waals surface area contributed by atoms with Crippen molar-refractivity contribution in [1.82, 2.24) is 0 Å². The Kier molecular flexibility index (Phi) is 6.15. The summed E-state index contributed by atoms with van der Waals surface area (Å²) in [6.07, 6.45) is -6.85. The predicted octanol–water partition coefficient (Wildman–Crippen LogP) is 3.97. The number of nitrogens with two attached hydrogens (primary N) is 1. The van der Waals surface area contributed by atoms with Crippen LogP contribution >= 0.6 is 15.9 Å². The highest BCUT2D eigenvalue weighted by Gasteiger charge is 2.49. The van der Waals surface area contributed by atoms with Crippen LogP contribution in [0.2, 0.25) is 0 Å². The van der Waals surface area contributed by atoms with Gasteiger partial charge in [-0.3, -0.25) is 4.99 Å². The Bertz CT molecular complexity index is 519. The third-order valence-electron chi connectivity index (χ3n) is 2.60. The van der Waals surface area contributed by atoms with Crippen LogP contribution in [0, 0.1) is 5.82 Å². The molecule has 0 spiro atoms. The van der Waals surface area contributed by atoms with Crippen LogP contribution in [0.3, 0.4) is 0 Å². The van der Waals surface area contributed by atoms with E-state index in [0.717, 1.165) is 6.07 Å². The number of benzene rings is 1. The summed E-state index contributed by atoms with van der Waals surface area (Å²) in [7, 11) is 0. The molecule has 1 aliphatic heterocycles. The maximum Gasteiger partial charge on any atom is 0.417 e. The van der Waals surface area contributed by atoms with Crippen LogP contribution in [0.4, 0.5) is 17.6 Å². The van der Waals surface area contributed by atoms with E-state index in [1.807, 2.05) is 13.8 Å². The molecule has 2 N–H and O–H groups in total. The van der Waals surface area contributed by atoms with Gasteiger partial charge in [0.15, 0.2) is 6.10 Å². The van der Waals surface area contributed by atoms with Gasteiger partial charge in [0.25, 0.3) is 0 Å². The summed E-state index contributed by atoms with van der Waals surface area (Å²) in [6, 6.07) is 2.15. The second kappa shape index (κ2) is 7.22. The van der Waals surface area contributed by atoms with Crippen molar-refractivity contribution in [1.29, 1.82) is 0 Å². The molecule has 0 radical (unpaired) electrons. The number of nitrogens with zero attached hydrogens (tertiary/aromatic N) is 1. The van der Waals surface area contributed by atoms with E-state index < -0.39 is 30.7 Å². The van der Waals surface area contributed by atoms with Crippen molar-refractivity contribution in [2.75, 3.05) is 6.61 Å². The number of halogens is 5. The molecule has 1 aliphatic rings. The van der Waals surface area contributed by atoms with Gasteiger partial charge in [-0.25, -0.2) is 4.39 Å². The minimum absolute atomic E-state index is 0.0927. The van der Waals surface area contributed by atoms with Crippen molar-refractivity contribution < 1.29 is 22.3 Å². The Morgan fingerprint density at radius 1 is 1.33 bits per heavy atom. The highest BCUT2D eigenvalue weighted by molar-refractivity contribution is 9.10. The van der Waals surface area contributed by atoms with E-state index in [1.54, 1.807) is 0 Å². The van der Waals surface area contributed by atoms with Crippen LogP contribution in [-0.2, 0) is 4.74 Å². The average molecular weight is 371 g/mol. The van der Waals surface area contributed by atoms with E-state index in [-0.39, 0.29) is 11.4 Å². The zero-order chi connectivity index (χ0) is 16.2. The number of hydrogen-bond acceptors (Lipinski definition) is 3. The molecule has 118 valence electrons. The lowest BCUT2D eigenvalue weighted by atomic mass is 10.00. The molecule has 1 aromatic rings. The minimum atomic E-state index is -4.65. The Morgan fingerprint density at radius 2 is 1.95 bits per heavy atom. The van der Waals surface area contributed by atoms with Crippen LogP contribution in [0.15, 0.2) is 27.7 Å². The van der Waals surface area contributed by atoms with Crippen LogP contribution < -0.4 is 5.73 Å². The first-order valence-corrected chi connectivity index (χ1v) is 7.04. The van der Waals surface area contributed by atoms with E-state index >= 15 is 0 Å². The zero-order valence-corrected chi connectivity index (χ0v) is 13.0. The molecule has 0 bridgehead atoms. The zero-order valence-electron chi connectivity index (χ0n) is 11.4. The lowest BCUT2D eigenvalue weighted by Gasteiger charge is -2.30. The molecule has 2 atom stereocenters. The van der Waals surface area contributed by atoms with Gasteiger partial charge in [-0.15, -0.1) is 0 Å². The van der Waals surface area contributed by atoms with Crippen LogP contribution in [0.5, 0.6) is 0 Å². The summed E-state index contributed by atoms with van der Waals surface area (Å²) >= 11 is 3.08. The Hall–Kier alpha value is -1.15. The Labute approximate surface area is 128 Å². The maximum atomic E-state index is 13.7. The van der Waals surface area contributed by atoms with E-state index in [0.29, 0.717) is 4.47 Å². The van der Waals surface area contributed by atoms with Gasteiger partial charge in [-0.05, 0) is 18.2 Å². The van der Waals surface area contributed by atoms with Gasteiger partial charge in [0.1, 0.15) is 24.3 Å². The van der Waals surface area contributed by atoms with Gasteiger partial charge in [-0.2, -0.15) is 13.2 Å². The number of hydrogen-bond donors (Lipinski definition) is 1. The molecule has 0 aromatic heterocycles. The van der Waals surface area contributed by atoms with Crippen LogP contribution in [0.25, 0.3) is 0 Å². The van der Waals surface area contributed by atoms with E-state index in [4.69, 9.17) is 5.73 Å². The molecule has 0 amide bonds. The second-order valence-corrected chi connectivity index (χ2v) is 4.92. The summed E-state index contributed by atoms with van der Waals surface area (Å²) in [4.78, 5) is 3.69. The standard InChI is InChI=1S/C11H9BrF4N2O.C2H6/c12-5-1-2-7(13)6(3-5)9-10(11(14,15)16)19-4-8(17)18-9;1-2/h1-3,9-10H,4H2,(H2,17,18);1-2H3/t9-,10?;/m1./s1. The fourth-order valence-corrected chi connectivity index (χ4v) is 2.18. The fraction of sp³-hybridized carbons (Fsp3) is 0.462. The number of rotatable bonds is 1. The first-order valence-electron chi connectivity index (χ1n) is 6.24. The summed E-state index contributed by atoms with van der Waals surface area (Å²) in [5, 5.41) is 0. The lowest BCUT2D eigenvalue weighted by molar-refractivity contribution is -0.225. The van der Waals surface area contributed by atoms with Crippen LogP contribution in [0.1, 0.15) is 25.5 Å². The summed E-state index contributed by atoms with van der Waals surface area (Å²) < 4.78 is 57.4. The van der Waals surface area contributed by atoms with Crippen molar-refractivity contribution in [3.63, 3.8) is 0 Å². The molecule has 2 rings (SSSR count). The van der Waals surface area contributed by atoms with Gasteiger partial charge in [0.05, 0.1) is 0 Å². The van der Waals surface area contributed by atoms with Gasteiger partial charge < -0.3 is 10.5 Å². The molecular formula is C13H15BrF4N2O. The molecular weight excluding hydrogens is 356 g/mol. The fourth-order valence-electron chi connectivity index (χ4n) is 1.80. The first-order chi connectivity index (χ1) is 9.79. The monoisotopic (exact) mass is 370 g/mol. The smallest absolute Gasteiger partial charge is 0.386 e. The highest BCUT2D eigenvalue weighted by Crippen LogP contribution is 2.38. The molecule has 1 unspecified atom stereocenters. The molecule has 8 heteroatoms.